The second kappa shape index (κ2) is 20.2. The molecule has 0 aliphatic rings. The van der Waals surface area contributed by atoms with E-state index < -0.39 is 48.0 Å². The molecule has 0 saturated carbocycles. The number of guanidine groups is 1. The van der Waals surface area contributed by atoms with Gasteiger partial charge in [0.1, 0.15) is 24.4 Å². The van der Waals surface area contributed by atoms with Crippen molar-refractivity contribution in [3.63, 3.8) is 0 Å². The van der Waals surface area contributed by atoms with Gasteiger partial charge in [0.25, 0.3) is 0 Å². The Morgan fingerprint density at radius 3 is 2.14 bits per heavy atom. The number of nitrogens with two attached hydrogens (primary N) is 3. The van der Waals surface area contributed by atoms with Gasteiger partial charge in [-0.15, -0.1) is 0 Å². The van der Waals surface area contributed by atoms with Gasteiger partial charge < -0.3 is 48.1 Å². The van der Waals surface area contributed by atoms with Crippen LogP contribution in [0.15, 0.2) is 40.3 Å². The first-order chi connectivity index (χ1) is 20.5. The van der Waals surface area contributed by atoms with Gasteiger partial charge in [0.15, 0.2) is 5.96 Å². The number of aliphatic carboxylic acids is 1. The summed E-state index contributed by atoms with van der Waals surface area (Å²) < 4.78 is 0. The quantitative estimate of drug-likeness (QED) is 0.0207. The monoisotopic (exact) mass is 604 g/mol. The van der Waals surface area contributed by atoms with Crippen LogP contribution in [0.1, 0.15) is 45.1 Å². The lowest BCUT2D eigenvalue weighted by Crippen LogP contribution is -2.58. The lowest BCUT2D eigenvalue weighted by atomic mass is 10.0. The zero-order chi connectivity index (χ0) is 32.2. The molecule has 0 heterocycles. The number of carbonyl (C=O) groups is 5. The molecule has 0 fully saturated rings. The molecule has 4 atom stereocenters. The fraction of sp³-hybridized carbons (Fsp3) is 0.519. The number of benzene rings is 1. The molecular weight excluding hydrogens is 560 g/mol. The van der Waals surface area contributed by atoms with E-state index in [2.05, 4.69) is 36.7 Å². The number of carbonyl (C=O) groups excluding carboxylic acids is 4. The lowest BCUT2D eigenvalue weighted by Gasteiger charge is -2.26. The van der Waals surface area contributed by atoms with Gasteiger partial charge in [-0.3, -0.25) is 19.6 Å². The minimum Gasteiger partial charge on any atom is -0.480 e. The van der Waals surface area contributed by atoms with Gasteiger partial charge in [-0.25, -0.2) is 15.4 Å². The van der Waals surface area contributed by atoms with Crippen LogP contribution in [-0.2, 0) is 25.6 Å². The van der Waals surface area contributed by atoms with Crippen molar-refractivity contribution in [2.75, 3.05) is 13.1 Å². The summed E-state index contributed by atoms with van der Waals surface area (Å²) >= 11 is 0. The number of hydrazine groups is 1. The smallest absolute Gasteiger partial charge is 0.326 e. The van der Waals surface area contributed by atoms with Crippen LogP contribution in [0.5, 0.6) is 0 Å². The molecule has 0 bridgehead atoms. The largest absolute Gasteiger partial charge is 0.480 e. The molecule has 238 valence electrons. The Balaban J connectivity index is 2.96. The Hall–Kier alpha value is -4.73. The molecule has 0 saturated heterocycles. The van der Waals surface area contributed by atoms with E-state index >= 15 is 0 Å². The molecule has 0 aliphatic carbocycles. The van der Waals surface area contributed by atoms with Crippen LogP contribution in [0.25, 0.3) is 0 Å². The third-order valence-electron chi connectivity index (χ3n) is 6.16. The van der Waals surface area contributed by atoms with Gasteiger partial charge in [-0.1, -0.05) is 44.2 Å². The number of carboxylic acids is 1. The van der Waals surface area contributed by atoms with Crippen molar-refractivity contribution >= 4 is 42.4 Å². The molecule has 1 aromatic carbocycles. The van der Waals surface area contributed by atoms with Gasteiger partial charge in [0.2, 0.25) is 11.8 Å². The highest BCUT2D eigenvalue weighted by Crippen LogP contribution is 2.08. The maximum Gasteiger partial charge on any atom is 0.326 e. The van der Waals surface area contributed by atoms with E-state index in [1.54, 1.807) is 44.2 Å². The van der Waals surface area contributed by atoms with E-state index in [9.17, 15) is 29.1 Å². The highest BCUT2D eigenvalue weighted by atomic mass is 16.4. The van der Waals surface area contributed by atoms with Gasteiger partial charge in [0, 0.05) is 19.5 Å². The molecule has 1 rings (SSSR count). The minimum atomic E-state index is -1.26. The average Bonchev–Trinajstić information content (AvgIpc) is 2.96. The first kappa shape index (κ1) is 36.3. The SMILES string of the molecule is CC(C)C(NC(=O)C(CCCN=C(N)N)NC(=O)NC(Cc1ccccc1)C(=O)O)C(=O)NC(C=O)CCCN=CNN. The number of aliphatic imine (C=N–C) groups is 2. The summed E-state index contributed by atoms with van der Waals surface area (Å²) in [5.74, 6) is 2.07. The summed E-state index contributed by atoms with van der Waals surface area (Å²) in [5.41, 5.74) is 13.7. The Bertz CT molecular complexity index is 1090. The third kappa shape index (κ3) is 15.2. The van der Waals surface area contributed by atoms with Gasteiger partial charge in [-0.2, -0.15) is 0 Å². The van der Waals surface area contributed by atoms with Crippen LogP contribution < -0.4 is 44.0 Å². The molecule has 1 aromatic rings. The number of carboxylic acid groups (broad SMARTS) is 1. The highest BCUT2D eigenvalue weighted by molar-refractivity contribution is 5.93. The number of rotatable bonds is 20. The second-order valence-corrected chi connectivity index (χ2v) is 10.0. The number of urea groups is 1. The third-order valence-corrected chi connectivity index (χ3v) is 6.16. The minimum absolute atomic E-state index is 0.0225. The zero-order valence-electron chi connectivity index (χ0n) is 24.5. The van der Waals surface area contributed by atoms with Gasteiger partial charge in [-0.05, 0) is 37.2 Å². The standard InChI is InChI=1S/C27H44N10O6/c1-17(2)22(24(40)34-19(15-38)10-6-12-31-16-33-30)37-23(39)20(11-7-13-32-26(28)29)35-27(43)36-21(25(41)42)14-18-8-4-3-5-9-18/h3-5,8-9,15-17,19-22H,6-7,10-14,30H2,1-2H3,(H,31,33)(H,34,40)(H,37,39)(H,41,42)(H4,28,29,32)(H2,35,36,43). The van der Waals surface area contributed by atoms with Crippen molar-refractivity contribution in [2.24, 2.45) is 33.2 Å². The van der Waals surface area contributed by atoms with Crippen molar-refractivity contribution in [3.8, 4) is 0 Å². The predicted molar refractivity (Wildman–Crippen MR) is 162 cm³/mol. The van der Waals surface area contributed by atoms with Crippen molar-refractivity contribution in [1.82, 2.24) is 26.7 Å². The first-order valence-corrected chi connectivity index (χ1v) is 13.9. The molecule has 0 aliphatic heterocycles. The summed E-state index contributed by atoms with van der Waals surface area (Å²) in [6, 6.07) is 3.59. The Kier molecular flexibility index (Phi) is 17.0. The maximum absolute atomic E-state index is 13.3. The fourth-order valence-electron chi connectivity index (χ4n) is 3.94. The van der Waals surface area contributed by atoms with Crippen LogP contribution in [0.4, 0.5) is 4.79 Å². The lowest BCUT2D eigenvalue weighted by molar-refractivity contribution is -0.139. The van der Waals surface area contributed by atoms with Crippen LogP contribution >= 0.6 is 0 Å². The summed E-state index contributed by atoms with van der Waals surface area (Å²) in [7, 11) is 0. The predicted octanol–water partition coefficient (Wildman–Crippen LogP) is -1.50. The summed E-state index contributed by atoms with van der Waals surface area (Å²) in [6.45, 7) is 3.98. The molecule has 0 spiro atoms. The van der Waals surface area contributed by atoms with E-state index in [0.29, 0.717) is 31.2 Å². The molecular formula is C27H44N10O6. The zero-order valence-corrected chi connectivity index (χ0v) is 24.5. The fourth-order valence-corrected chi connectivity index (χ4v) is 3.94. The summed E-state index contributed by atoms with van der Waals surface area (Å²) in [4.78, 5) is 70.4. The van der Waals surface area contributed by atoms with Crippen LogP contribution in [0.2, 0.25) is 0 Å². The number of hydrogen-bond acceptors (Lipinski definition) is 8. The van der Waals surface area contributed by atoms with E-state index in [1.807, 2.05) is 0 Å². The average molecular weight is 605 g/mol. The highest BCUT2D eigenvalue weighted by Gasteiger charge is 2.30. The number of aldehydes is 1. The van der Waals surface area contributed by atoms with E-state index in [0.717, 1.165) is 0 Å². The number of amides is 4. The maximum atomic E-state index is 13.3. The normalized spacial score (nSPS) is 13.7. The van der Waals surface area contributed by atoms with Crippen LogP contribution in [0, 0.1) is 5.92 Å². The Labute approximate surface area is 250 Å². The second-order valence-electron chi connectivity index (χ2n) is 10.0. The Morgan fingerprint density at radius 1 is 0.907 bits per heavy atom. The van der Waals surface area contributed by atoms with E-state index in [-0.39, 0.29) is 37.7 Å². The first-order valence-electron chi connectivity index (χ1n) is 13.9. The summed E-state index contributed by atoms with van der Waals surface area (Å²) in [5, 5.41) is 19.8. The van der Waals surface area contributed by atoms with Gasteiger partial charge in [0.05, 0.1) is 12.4 Å². The van der Waals surface area contributed by atoms with Gasteiger partial charge >= 0.3 is 12.0 Å². The number of hydrogen-bond donors (Lipinski definition) is 9. The Morgan fingerprint density at radius 2 is 1.56 bits per heavy atom. The molecule has 16 nitrogen and oxygen atoms in total. The molecule has 4 amide bonds. The van der Waals surface area contributed by atoms with Crippen molar-refractivity contribution in [2.45, 2.75) is 70.1 Å². The molecule has 0 radical (unpaired) electrons. The van der Waals surface area contributed by atoms with Crippen LogP contribution in [-0.4, -0.2) is 84.8 Å². The van der Waals surface area contributed by atoms with E-state index in [1.165, 1.54) is 6.34 Å². The van der Waals surface area contributed by atoms with Crippen molar-refractivity contribution in [3.05, 3.63) is 35.9 Å². The number of nitrogens with one attached hydrogen (secondary N) is 5. The molecule has 4 unspecified atom stereocenters. The summed E-state index contributed by atoms with van der Waals surface area (Å²) in [6.07, 6.45) is 3.12. The van der Waals surface area contributed by atoms with Crippen molar-refractivity contribution < 1.29 is 29.1 Å². The number of nitrogens with zero attached hydrogens (tertiary/aromatic N) is 2. The molecule has 16 heteroatoms. The molecule has 12 N–H and O–H groups in total. The van der Waals surface area contributed by atoms with Crippen LogP contribution in [0.3, 0.4) is 0 Å². The molecule has 0 aromatic heterocycles. The molecule has 43 heavy (non-hydrogen) atoms. The van der Waals surface area contributed by atoms with Crippen molar-refractivity contribution in [1.29, 1.82) is 0 Å². The topological polar surface area (TPSA) is 269 Å². The van der Waals surface area contributed by atoms with E-state index in [4.69, 9.17) is 17.3 Å².